The molecule has 1 fully saturated rings. The highest BCUT2D eigenvalue weighted by Gasteiger charge is 2.40. The molecule has 224 valence electrons. The van der Waals surface area contributed by atoms with Crippen LogP contribution in [0.15, 0.2) is 60.7 Å². The lowest BCUT2D eigenvalue weighted by molar-refractivity contribution is -0.121. The van der Waals surface area contributed by atoms with Crippen LogP contribution in [0, 0.1) is 5.82 Å². The van der Waals surface area contributed by atoms with Crippen molar-refractivity contribution in [3.63, 3.8) is 0 Å². The lowest BCUT2D eigenvalue weighted by Gasteiger charge is -2.45. The number of hydrogen-bond donors (Lipinski definition) is 2. The van der Waals surface area contributed by atoms with Crippen molar-refractivity contribution in [3.05, 3.63) is 77.6 Å². The zero-order valence-electron chi connectivity index (χ0n) is 24.8. The maximum atomic E-state index is 14.5. The van der Waals surface area contributed by atoms with Gasteiger partial charge in [0.2, 0.25) is 5.91 Å². The molecule has 0 radical (unpaired) electrons. The zero-order chi connectivity index (χ0) is 30.0. The van der Waals surface area contributed by atoms with Crippen molar-refractivity contribution in [1.82, 2.24) is 15.1 Å². The highest BCUT2D eigenvalue weighted by molar-refractivity contribution is 5.73. The zero-order valence-corrected chi connectivity index (χ0v) is 24.8. The number of rotatable bonds is 11. The third-order valence-corrected chi connectivity index (χ3v) is 6.71. The van der Waals surface area contributed by atoms with Crippen molar-refractivity contribution in [3.8, 4) is 5.75 Å². The van der Waals surface area contributed by atoms with Crippen molar-refractivity contribution in [2.24, 2.45) is 0 Å². The molecular weight excluding hydrogens is 525 g/mol. The Labute approximate surface area is 243 Å². The molecular formula is C32H44FN3O5. The van der Waals surface area contributed by atoms with Crippen LogP contribution in [0.4, 0.5) is 9.18 Å². The summed E-state index contributed by atoms with van der Waals surface area (Å²) in [5, 5.41) is 14.6. The number of nitrogens with one attached hydrogen (secondary N) is 1. The van der Waals surface area contributed by atoms with E-state index in [4.69, 9.17) is 9.47 Å². The molecule has 0 aliphatic carbocycles. The smallest absolute Gasteiger partial charge is 0.410 e. The molecule has 0 saturated carbocycles. The summed E-state index contributed by atoms with van der Waals surface area (Å²) in [4.78, 5) is 29.2. The standard InChI is InChI=1S/C32H44FN3O5/c1-6-7-11-16-40-27-18-25(17-26(33)20-27)19-28(34-23(2)37)30(38)29-22-35(21-24-12-9-8-10-13-24)14-15-36(29)31(39)41-32(3,4)5/h7-13,17-18,20,28-30,38H,6,14-16,19,21-22H2,1-5H3,(H,34,37)/t28-,29+,30-/m0/s1. The fraction of sp³-hybridized carbons (Fsp3) is 0.500. The highest BCUT2D eigenvalue weighted by atomic mass is 19.1. The summed E-state index contributed by atoms with van der Waals surface area (Å²) in [6.07, 6.45) is 3.15. The van der Waals surface area contributed by atoms with Crippen molar-refractivity contribution in [2.45, 2.75) is 77.8 Å². The van der Waals surface area contributed by atoms with Gasteiger partial charge in [0.05, 0.1) is 18.2 Å². The highest BCUT2D eigenvalue weighted by Crippen LogP contribution is 2.24. The Morgan fingerprint density at radius 3 is 2.51 bits per heavy atom. The molecule has 2 amide bonds. The van der Waals surface area contributed by atoms with Crippen LogP contribution in [0.1, 0.15) is 52.2 Å². The lowest BCUT2D eigenvalue weighted by Crippen LogP contribution is -2.64. The van der Waals surface area contributed by atoms with E-state index in [2.05, 4.69) is 10.2 Å². The molecule has 0 unspecified atom stereocenters. The fourth-order valence-corrected chi connectivity index (χ4v) is 4.94. The molecule has 1 aliphatic heterocycles. The average Bonchev–Trinajstić information content (AvgIpc) is 2.89. The van der Waals surface area contributed by atoms with Crippen molar-refractivity contribution in [2.75, 3.05) is 26.2 Å². The minimum atomic E-state index is -1.16. The van der Waals surface area contributed by atoms with Gasteiger partial charge in [-0.05, 0) is 56.9 Å². The topological polar surface area (TPSA) is 91.3 Å². The molecule has 1 aliphatic rings. The van der Waals surface area contributed by atoms with Gasteiger partial charge >= 0.3 is 6.09 Å². The average molecular weight is 570 g/mol. The first-order chi connectivity index (χ1) is 19.4. The molecule has 1 saturated heterocycles. The van der Waals surface area contributed by atoms with E-state index in [0.29, 0.717) is 44.1 Å². The number of ether oxygens (including phenoxy) is 2. The molecule has 0 aromatic heterocycles. The first-order valence-electron chi connectivity index (χ1n) is 14.2. The number of nitrogens with zero attached hydrogens (tertiary/aromatic N) is 2. The largest absolute Gasteiger partial charge is 0.489 e. The van der Waals surface area contributed by atoms with Gasteiger partial charge in [0, 0.05) is 39.2 Å². The van der Waals surface area contributed by atoms with Gasteiger partial charge in [-0.25, -0.2) is 9.18 Å². The summed E-state index contributed by atoms with van der Waals surface area (Å²) < 4.78 is 25.9. The van der Waals surface area contributed by atoms with E-state index in [0.717, 1.165) is 12.0 Å². The third kappa shape index (κ3) is 10.5. The van der Waals surface area contributed by atoms with Crippen LogP contribution in [-0.4, -0.2) is 76.9 Å². The second-order valence-electron chi connectivity index (χ2n) is 11.4. The molecule has 2 aromatic carbocycles. The number of benzene rings is 2. The fourth-order valence-electron chi connectivity index (χ4n) is 4.94. The second kappa shape index (κ2) is 15.0. The maximum Gasteiger partial charge on any atom is 0.410 e. The van der Waals surface area contributed by atoms with E-state index in [1.54, 1.807) is 31.7 Å². The Bertz CT molecular complexity index is 1170. The maximum absolute atomic E-state index is 14.5. The molecule has 0 bridgehead atoms. The van der Waals surface area contributed by atoms with E-state index in [1.807, 2.05) is 49.4 Å². The predicted molar refractivity (Wildman–Crippen MR) is 157 cm³/mol. The number of hydrogen-bond acceptors (Lipinski definition) is 6. The Morgan fingerprint density at radius 1 is 1.12 bits per heavy atom. The van der Waals surface area contributed by atoms with E-state index in [-0.39, 0.29) is 12.3 Å². The lowest BCUT2D eigenvalue weighted by atomic mass is 9.93. The van der Waals surface area contributed by atoms with E-state index in [9.17, 15) is 19.1 Å². The van der Waals surface area contributed by atoms with Crippen LogP contribution in [0.2, 0.25) is 0 Å². The number of piperazine rings is 1. The van der Waals surface area contributed by atoms with E-state index < -0.39 is 35.7 Å². The summed E-state index contributed by atoms with van der Waals surface area (Å²) in [5.41, 5.74) is 0.957. The van der Waals surface area contributed by atoms with Crippen molar-refractivity contribution < 1.29 is 28.6 Å². The minimum Gasteiger partial charge on any atom is -0.489 e. The van der Waals surface area contributed by atoms with Crippen molar-refractivity contribution >= 4 is 12.0 Å². The van der Waals surface area contributed by atoms with Gasteiger partial charge < -0.3 is 19.9 Å². The Kier molecular flexibility index (Phi) is 11.7. The molecule has 8 nitrogen and oxygen atoms in total. The van der Waals surface area contributed by atoms with Gasteiger partial charge in [-0.15, -0.1) is 0 Å². The van der Waals surface area contributed by atoms with E-state index >= 15 is 0 Å². The van der Waals surface area contributed by atoms with Crippen LogP contribution in [0.5, 0.6) is 5.75 Å². The summed E-state index contributed by atoms with van der Waals surface area (Å²) >= 11 is 0. The summed E-state index contributed by atoms with van der Waals surface area (Å²) in [7, 11) is 0. The number of halogens is 1. The summed E-state index contributed by atoms with van der Waals surface area (Å²) in [5.74, 6) is -0.457. The molecule has 2 N–H and O–H groups in total. The third-order valence-electron chi connectivity index (χ3n) is 6.71. The van der Waals surface area contributed by atoms with Gasteiger partial charge in [0.1, 0.15) is 23.8 Å². The molecule has 0 spiro atoms. The van der Waals surface area contributed by atoms with Gasteiger partial charge in [-0.2, -0.15) is 0 Å². The molecule has 2 aromatic rings. The number of amides is 2. The molecule has 41 heavy (non-hydrogen) atoms. The number of aliphatic hydroxyl groups is 1. The van der Waals surface area contributed by atoms with Gasteiger partial charge in [-0.1, -0.05) is 49.4 Å². The van der Waals surface area contributed by atoms with Crippen LogP contribution in [-0.2, 0) is 22.5 Å². The Balaban J connectivity index is 1.86. The summed E-state index contributed by atoms with van der Waals surface area (Å²) in [6.45, 7) is 11.0. The van der Waals surface area contributed by atoms with Crippen LogP contribution < -0.4 is 10.1 Å². The SMILES string of the molecule is CCC=CCOc1cc(F)cc(C[C@H](NC(C)=O)[C@H](O)[C@H]2CN(Cc3ccccc3)CCN2C(=O)OC(C)(C)C)c1. The minimum absolute atomic E-state index is 0.136. The predicted octanol–water partition coefficient (Wildman–Crippen LogP) is 4.70. The Morgan fingerprint density at radius 2 is 1.85 bits per heavy atom. The number of aliphatic hydroxyl groups excluding tert-OH is 1. The van der Waals surface area contributed by atoms with Crippen molar-refractivity contribution in [1.29, 1.82) is 0 Å². The number of carbonyl (C=O) groups excluding carboxylic acids is 2. The first-order valence-corrected chi connectivity index (χ1v) is 14.2. The van der Waals surface area contributed by atoms with Crippen LogP contribution in [0.25, 0.3) is 0 Å². The monoisotopic (exact) mass is 569 g/mol. The first kappa shape index (κ1) is 32.1. The normalized spacial score (nSPS) is 17.7. The number of allylic oxidation sites excluding steroid dienone is 1. The summed E-state index contributed by atoms with van der Waals surface area (Å²) in [6, 6.07) is 12.9. The van der Waals surface area contributed by atoms with Crippen LogP contribution in [0.3, 0.4) is 0 Å². The molecule has 3 atom stereocenters. The molecule has 3 rings (SSSR count). The second-order valence-corrected chi connectivity index (χ2v) is 11.4. The Hall–Kier alpha value is -3.43. The quantitative estimate of drug-likeness (QED) is 0.382. The number of carbonyl (C=O) groups is 2. The van der Waals surface area contributed by atoms with E-state index in [1.165, 1.54) is 19.1 Å². The van der Waals surface area contributed by atoms with Gasteiger partial charge in [0.15, 0.2) is 0 Å². The molecule has 9 heteroatoms. The van der Waals surface area contributed by atoms with Crippen LogP contribution >= 0.6 is 0 Å². The van der Waals surface area contributed by atoms with Gasteiger partial charge in [-0.3, -0.25) is 14.6 Å². The van der Waals surface area contributed by atoms with Gasteiger partial charge in [0.25, 0.3) is 0 Å². The molecule has 1 heterocycles.